The Morgan fingerprint density at radius 2 is 1.86 bits per heavy atom. The molecule has 1 saturated heterocycles. The first-order valence-corrected chi connectivity index (χ1v) is 12.9. The molecule has 0 radical (unpaired) electrons. The molecule has 3 aliphatic rings. The highest BCUT2D eigenvalue weighted by Gasteiger charge is 2.50. The number of para-hydroxylation sites is 1. The van der Waals surface area contributed by atoms with Crippen molar-refractivity contribution in [3.63, 3.8) is 0 Å². The van der Waals surface area contributed by atoms with Crippen LogP contribution in [0.25, 0.3) is 10.8 Å². The normalized spacial score (nSPS) is 24.4. The number of hydrogen-bond acceptors (Lipinski definition) is 4. The van der Waals surface area contributed by atoms with Crippen molar-refractivity contribution in [2.45, 2.75) is 50.1 Å². The minimum atomic E-state index is -0.700. The molecule has 1 unspecified atom stereocenters. The zero-order valence-corrected chi connectivity index (χ0v) is 21.1. The monoisotopic (exact) mass is 479 g/mol. The van der Waals surface area contributed by atoms with Crippen LogP contribution >= 0.6 is 0 Å². The zero-order valence-electron chi connectivity index (χ0n) is 21.1. The molecule has 0 spiro atoms. The van der Waals surface area contributed by atoms with Crippen molar-refractivity contribution in [3.8, 4) is 0 Å². The highest BCUT2D eigenvalue weighted by Crippen LogP contribution is 2.47. The fraction of sp³-hybridized carbons (Fsp3) is 0.355. The summed E-state index contributed by atoms with van der Waals surface area (Å²) in [5.41, 5.74) is 4.32. The number of rotatable bonds is 5. The lowest BCUT2D eigenvalue weighted by molar-refractivity contribution is -0.123. The highest BCUT2D eigenvalue weighted by molar-refractivity contribution is 6.10. The summed E-state index contributed by atoms with van der Waals surface area (Å²) in [5.74, 6) is 0.677. The summed E-state index contributed by atoms with van der Waals surface area (Å²) < 4.78 is 5.48. The van der Waals surface area contributed by atoms with E-state index in [4.69, 9.17) is 4.74 Å². The number of anilines is 1. The molecular weight excluding hydrogens is 446 g/mol. The van der Waals surface area contributed by atoms with Gasteiger partial charge in [-0.3, -0.25) is 9.69 Å². The molecule has 3 aromatic carbocycles. The first kappa shape index (κ1) is 23.0. The molecule has 0 saturated carbocycles. The van der Waals surface area contributed by atoms with Gasteiger partial charge >= 0.3 is 0 Å². The summed E-state index contributed by atoms with van der Waals surface area (Å²) in [6.07, 6.45) is 4.91. The number of nitrogens with zero attached hydrogens (tertiary/aromatic N) is 3. The maximum atomic E-state index is 14.0. The number of ether oxygens (including phenoxy) is 1. The van der Waals surface area contributed by atoms with Gasteiger partial charge in [0.1, 0.15) is 0 Å². The van der Waals surface area contributed by atoms with Gasteiger partial charge in [0.2, 0.25) is 5.91 Å². The number of likely N-dealkylation sites (tertiary alicyclic amines) is 1. The molecule has 6 rings (SSSR count). The number of carbonyl (C=O) groups excluding carboxylic acids is 1. The minimum Gasteiger partial charge on any atom is -0.484 e. The third-order valence-electron chi connectivity index (χ3n) is 8.53. The molecule has 36 heavy (non-hydrogen) atoms. The molecule has 184 valence electrons. The molecule has 2 heterocycles. The highest BCUT2D eigenvalue weighted by atomic mass is 16.5. The first-order valence-electron chi connectivity index (χ1n) is 12.9. The third-order valence-corrected chi connectivity index (χ3v) is 8.53. The predicted octanol–water partition coefficient (Wildman–Crippen LogP) is 5.78. The van der Waals surface area contributed by atoms with E-state index in [1.165, 1.54) is 28.1 Å². The van der Waals surface area contributed by atoms with E-state index in [9.17, 15) is 4.79 Å². The van der Waals surface area contributed by atoms with Crippen LogP contribution in [-0.2, 0) is 21.4 Å². The lowest BCUT2D eigenvalue weighted by Gasteiger charge is -2.40. The molecular formula is C31H33N3O2. The van der Waals surface area contributed by atoms with Crippen LogP contribution in [-0.4, -0.2) is 42.9 Å². The Bertz CT molecular complexity index is 1370. The minimum absolute atomic E-state index is 0.147. The summed E-state index contributed by atoms with van der Waals surface area (Å²) in [6, 6.07) is 22.3. The van der Waals surface area contributed by atoms with E-state index in [1.54, 1.807) is 7.11 Å². The summed E-state index contributed by atoms with van der Waals surface area (Å²) in [7, 11) is 1.60. The van der Waals surface area contributed by atoms with Crippen molar-refractivity contribution in [2.24, 2.45) is 4.99 Å². The number of benzene rings is 3. The zero-order chi connectivity index (χ0) is 24.9. The Morgan fingerprint density at radius 3 is 2.61 bits per heavy atom. The average Bonchev–Trinajstić information content (AvgIpc) is 3.39. The molecule has 5 nitrogen and oxygen atoms in total. The molecule has 1 aliphatic carbocycles. The van der Waals surface area contributed by atoms with Crippen LogP contribution in [0.2, 0.25) is 0 Å². The number of fused-ring (bicyclic) bond motifs is 1. The van der Waals surface area contributed by atoms with Gasteiger partial charge in [-0.1, -0.05) is 61.2 Å². The van der Waals surface area contributed by atoms with Crippen molar-refractivity contribution >= 4 is 28.3 Å². The van der Waals surface area contributed by atoms with Crippen molar-refractivity contribution in [2.75, 3.05) is 25.1 Å². The van der Waals surface area contributed by atoms with Gasteiger partial charge in [-0.15, -0.1) is 0 Å². The first-order chi connectivity index (χ1) is 17.5. The molecule has 2 atom stereocenters. The second kappa shape index (κ2) is 8.90. The van der Waals surface area contributed by atoms with Crippen molar-refractivity contribution in [1.29, 1.82) is 0 Å². The number of hydrogen-bond donors (Lipinski definition) is 0. The topological polar surface area (TPSA) is 45.1 Å². The summed E-state index contributed by atoms with van der Waals surface area (Å²) >= 11 is 0. The van der Waals surface area contributed by atoms with E-state index >= 15 is 0 Å². The van der Waals surface area contributed by atoms with E-state index in [1.807, 2.05) is 19.1 Å². The van der Waals surface area contributed by atoms with Crippen LogP contribution in [0.15, 0.2) is 78.4 Å². The van der Waals surface area contributed by atoms with Crippen LogP contribution in [0.4, 0.5) is 5.69 Å². The standard InChI is InChI=1S/C31H33N3O2/c1-4-32-28(36-3)20-31(2)25-13-5-6-14-26(25)34(30(31)35)23-15-17-33(18-16-23)27-19-22-11-7-9-21-10-8-12-24(27)29(21)22/h4-14,23,27H,1,15-20H2,2-3H3/t27-,31?/m1/s1. The van der Waals surface area contributed by atoms with Gasteiger partial charge in [0.05, 0.1) is 12.5 Å². The van der Waals surface area contributed by atoms with E-state index in [2.05, 4.69) is 69.9 Å². The van der Waals surface area contributed by atoms with Crippen LogP contribution < -0.4 is 4.90 Å². The second-order valence-electron chi connectivity index (χ2n) is 10.5. The lowest BCUT2D eigenvalue weighted by atomic mass is 9.80. The Balaban J connectivity index is 1.23. The Kier molecular flexibility index (Phi) is 5.68. The second-order valence-corrected chi connectivity index (χ2v) is 10.5. The maximum Gasteiger partial charge on any atom is 0.238 e. The Labute approximate surface area is 213 Å². The fourth-order valence-corrected chi connectivity index (χ4v) is 6.75. The van der Waals surface area contributed by atoms with Gasteiger partial charge in [0.25, 0.3) is 0 Å². The van der Waals surface area contributed by atoms with E-state index in [-0.39, 0.29) is 11.9 Å². The summed E-state index contributed by atoms with van der Waals surface area (Å²) in [6.45, 7) is 7.70. The Hall–Kier alpha value is -3.44. The van der Waals surface area contributed by atoms with Gasteiger partial charge < -0.3 is 9.64 Å². The molecule has 2 aliphatic heterocycles. The van der Waals surface area contributed by atoms with Crippen molar-refractivity contribution in [1.82, 2.24) is 4.90 Å². The molecule has 0 N–H and O–H groups in total. The summed E-state index contributed by atoms with van der Waals surface area (Å²) in [4.78, 5) is 23.0. The van der Waals surface area contributed by atoms with E-state index in [0.717, 1.165) is 43.6 Å². The van der Waals surface area contributed by atoms with Gasteiger partial charge in [0.15, 0.2) is 5.90 Å². The average molecular weight is 480 g/mol. The maximum absolute atomic E-state index is 14.0. The van der Waals surface area contributed by atoms with Gasteiger partial charge in [-0.05, 0) is 59.7 Å². The van der Waals surface area contributed by atoms with Crippen molar-refractivity contribution in [3.05, 3.63) is 90.1 Å². The number of amides is 1. The number of carbonyl (C=O) groups is 1. The van der Waals surface area contributed by atoms with E-state index < -0.39 is 5.41 Å². The van der Waals surface area contributed by atoms with Crippen LogP contribution in [0.3, 0.4) is 0 Å². The number of piperidine rings is 1. The summed E-state index contributed by atoms with van der Waals surface area (Å²) in [5, 5.41) is 2.79. The van der Waals surface area contributed by atoms with Gasteiger partial charge in [-0.2, -0.15) is 0 Å². The lowest BCUT2D eigenvalue weighted by Crippen LogP contribution is -2.50. The van der Waals surface area contributed by atoms with Crippen LogP contribution in [0.5, 0.6) is 0 Å². The Morgan fingerprint density at radius 1 is 1.11 bits per heavy atom. The molecule has 3 aromatic rings. The third kappa shape index (κ3) is 3.48. The molecule has 5 heteroatoms. The molecule has 1 fully saturated rings. The smallest absolute Gasteiger partial charge is 0.238 e. The fourth-order valence-electron chi connectivity index (χ4n) is 6.75. The largest absolute Gasteiger partial charge is 0.484 e. The predicted molar refractivity (Wildman–Crippen MR) is 146 cm³/mol. The van der Waals surface area contributed by atoms with Gasteiger partial charge in [0, 0.05) is 43.5 Å². The quantitative estimate of drug-likeness (QED) is 0.344. The number of methoxy groups -OCH3 is 1. The van der Waals surface area contributed by atoms with E-state index in [0.29, 0.717) is 18.4 Å². The SMILES string of the molecule is C=CN=C(CC1(C)C(=O)N(C2CCN([C@@H]3Cc4cccc5cccc3c45)CC2)c2ccccc21)OC. The van der Waals surface area contributed by atoms with Crippen molar-refractivity contribution < 1.29 is 9.53 Å². The van der Waals surface area contributed by atoms with Gasteiger partial charge in [-0.25, -0.2) is 4.99 Å². The van der Waals surface area contributed by atoms with Crippen LogP contribution in [0, 0.1) is 0 Å². The number of aliphatic imine (C=N–C) groups is 1. The van der Waals surface area contributed by atoms with Crippen LogP contribution in [0.1, 0.15) is 48.9 Å². The molecule has 1 amide bonds. The molecule has 0 aromatic heterocycles. The molecule has 0 bridgehead atoms.